The van der Waals surface area contributed by atoms with Gasteiger partial charge in [0, 0.05) is 48.7 Å². The minimum Gasteiger partial charge on any atom is -0.330 e. The van der Waals surface area contributed by atoms with Crippen molar-refractivity contribution in [2.24, 2.45) is 0 Å². The summed E-state index contributed by atoms with van der Waals surface area (Å²) in [4.78, 5) is 26.4. The third-order valence-electron chi connectivity index (χ3n) is 5.65. The molecule has 0 spiro atoms. The predicted octanol–water partition coefficient (Wildman–Crippen LogP) is 4.86. The maximum atomic E-state index is 4.57. The van der Waals surface area contributed by atoms with E-state index in [9.17, 15) is 0 Å². The molecule has 0 aliphatic heterocycles. The smallest absolute Gasteiger partial charge is 0.159 e. The van der Waals surface area contributed by atoms with E-state index in [-0.39, 0.29) is 0 Å². The van der Waals surface area contributed by atoms with Gasteiger partial charge < -0.3 is 9.13 Å². The lowest BCUT2D eigenvalue weighted by molar-refractivity contribution is 0.731. The van der Waals surface area contributed by atoms with Crippen LogP contribution in [0.15, 0.2) is 92.0 Å². The second kappa shape index (κ2) is 8.67. The summed E-state index contributed by atoms with van der Waals surface area (Å²) in [5, 5.41) is 0. The van der Waals surface area contributed by atoms with Gasteiger partial charge in [-0.15, -0.1) is 0 Å². The minimum absolute atomic E-state index is 0.700. The fraction of sp³-hybridized carbons (Fsp3) is 0.0769. The van der Waals surface area contributed by atoms with Crippen LogP contribution in [0.2, 0.25) is 0 Å². The highest BCUT2D eigenvalue weighted by Gasteiger charge is 2.07. The van der Waals surface area contributed by atoms with Gasteiger partial charge in [-0.05, 0) is 55.0 Å². The Bertz CT molecular complexity index is 1600. The quantitative estimate of drug-likeness (QED) is 0.365. The lowest BCUT2D eigenvalue weighted by atomic mass is 10.2. The summed E-state index contributed by atoms with van der Waals surface area (Å²) in [6.45, 7) is 0.830. The summed E-state index contributed by atoms with van der Waals surface area (Å²) in [6, 6.07) is 15.9. The summed E-state index contributed by atoms with van der Waals surface area (Å²) in [5.74, 6) is 1.41. The zero-order chi connectivity index (χ0) is 22.7. The Morgan fingerprint density at radius 1 is 0.647 bits per heavy atom. The number of aromatic nitrogens is 8. The fourth-order valence-corrected chi connectivity index (χ4v) is 3.97. The fourth-order valence-electron chi connectivity index (χ4n) is 3.97. The summed E-state index contributed by atoms with van der Waals surface area (Å²) in [6.07, 6.45) is 15.8. The van der Waals surface area contributed by atoms with Crippen LogP contribution in [0.5, 0.6) is 0 Å². The Morgan fingerprint density at radius 2 is 1.24 bits per heavy atom. The third-order valence-corrected chi connectivity index (χ3v) is 5.65. The Labute approximate surface area is 195 Å². The number of hydrogen-bond acceptors (Lipinski definition) is 6. The SMILES string of the molecule is C(=Cn1cnc2cc(-c3ncccn3)ccc21)CCn1cnc2cc(-c3ncccn3)ccc21. The Balaban J connectivity index is 1.16. The van der Waals surface area contributed by atoms with Crippen molar-refractivity contribution in [1.82, 2.24) is 39.0 Å². The number of benzene rings is 2. The van der Waals surface area contributed by atoms with Crippen LogP contribution in [-0.2, 0) is 6.54 Å². The molecule has 164 valence electrons. The van der Waals surface area contributed by atoms with E-state index in [1.54, 1.807) is 24.8 Å². The van der Waals surface area contributed by atoms with Crippen LogP contribution in [-0.4, -0.2) is 39.0 Å². The number of imidazole rings is 2. The van der Waals surface area contributed by atoms with Crippen LogP contribution < -0.4 is 0 Å². The molecule has 0 saturated carbocycles. The van der Waals surface area contributed by atoms with Gasteiger partial charge in [-0.2, -0.15) is 0 Å². The molecule has 4 aromatic heterocycles. The molecule has 0 atom stereocenters. The van der Waals surface area contributed by atoms with Gasteiger partial charge in [0.1, 0.15) is 0 Å². The first-order valence-corrected chi connectivity index (χ1v) is 11.0. The molecule has 8 heteroatoms. The van der Waals surface area contributed by atoms with E-state index >= 15 is 0 Å². The van der Waals surface area contributed by atoms with Crippen molar-refractivity contribution in [2.45, 2.75) is 13.0 Å². The number of nitrogens with zero attached hydrogens (tertiary/aromatic N) is 8. The molecule has 0 bridgehead atoms. The van der Waals surface area contributed by atoms with Gasteiger partial charge in [0.25, 0.3) is 0 Å². The van der Waals surface area contributed by atoms with Crippen LogP contribution >= 0.6 is 0 Å². The molecule has 6 rings (SSSR count). The Hall–Kier alpha value is -4.72. The second-order valence-corrected chi connectivity index (χ2v) is 7.82. The molecule has 0 saturated heterocycles. The molecule has 0 aliphatic carbocycles. The average molecular weight is 445 g/mol. The van der Waals surface area contributed by atoms with Crippen molar-refractivity contribution in [3.8, 4) is 22.8 Å². The van der Waals surface area contributed by atoms with Crippen molar-refractivity contribution < 1.29 is 0 Å². The first-order valence-electron chi connectivity index (χ1n) is 11.0. The molecule has 0 unspecified atom stereocenters. The molecule has 4 heterocycles. The number of rotatable bonds is 6. The van der Waals surface area contributed by atoms with Crippen LogP contribution in [0, 0.1) is 0 Å². The normalized spacial score (nSPS) is 11.6. The lowest BCUT2D eigenvalue weighted by Gasteiger charge is -2.03. The van der Waals surface area contributed by atoms with E-state index in [1.807, 2.05) is 53.6 Å². The van der Waals surface area contributed by atoms with Crippen LogP contribution in [0.25, 0.3) is 51.0 Å². The molecule has 6 aromatic rings. The van der Waals surface area contributed by atoms with E-state index in [1.165, 1.54) is 0 Å². The van der Waals surface area contributed by atoms with Gasteiger partial charge in [0.15, 0.2) is 11.6 Å². The number of hydrogen-bond donors (Lipinski definition) is 0. The second-order valence-electron chi connectivity index (χ2n) is 7.82. The van der Waals surface area contributed by atoms with E-state index < -0.39 is 0 Å². The summed E-state index contributed by atoms with van der Waals surface area (Å²) in [7, 11) is 0. The van der Waals surface area contributed by atoms with E-state index in [0.717, 1.165) is 46.2 Å². The highest BCUT2D eigenvalue weighted by atomic mass is 15.0. The van der Waals surface area contributed by atoms with Crippen molar-refractivity contribution in [3.63, 3.8) is 0 Å². The summed E-state index contributed by atoms with van der Waals surface area (Å²) >= 11 is 0. The highest BCUT2D eigenvalue weighted by molar-refractivity contribution is 5.82. The molecule has 0 radical (unpaired) electrons. The van der Waals surface area contributed by atoms with Gasteiger partial charge in [-0.25, -0.2) is 29.9 Å². The van der Waals surface area contributed by atoms with E-state index in [0.29, 0.717) is 11.6 Å². The first-order chi connectivity index (χ1) is 16.8. The van der Waals surface area contributed by atoms with Gasteiger partial charge in [0.05, 0.1) is 34.7 Å². The summed E-state index contributed by atoms with van der Waals surface area (Å²) in [5.41, 5.74) is 5.90. The minimum atomic E-state index is 0.700. The van der Waals surface area contributed by atoms with Crippen LogP contribution in [0.4, 0.5) is 0 Å². The van der Waals surface area contributed by atoms with E-state index in [4.69, 9.17) is 0 Å². The largest absolute Gasteiger partial charge is 0.330 e. The third kappa shape index (κ3) is 3.81. The summed E-state index contributed by atoms with van der Waals surface area (Å²) < 4.78 is 4.19. The predicted molar refractivity (Wildman–Crippen MR) is 131 cm³/mol. The zero-order valence-electron chi connectivity index (χ0n) is 18.2. The average Bonchev–Trinajstić information content (AvgIpc) is 3.50. The van der Waals surface area contributed by atoms with Gasteiger partial charge >= 0.3 is 0 Å². The van der Waals surface area contributed by atoms with Crippen LogP contribution in [0.3, 0.4) is 0 Å². The number of allylic oxidation sites excluding steroid dienone is 1. The van der Waals surface area contributed by atoms with Crippen molar-refractivity contribution >= 4 is 28.3 Å². The Morgan fingerprint density at radius 3 is 1.91 bits per heavy atom. The van der Waals surface area contributed by atoms with Gasteiger partial charge in [-0.3, -0.25) is 0 Å². The topological polar surface area (TPSA) is 87.2 Å². The number of aryl methyl sites for hydroxylation is 1. The van der Waals surface area contributed by atoms with Crippen molar-refractivity contribution in [1.29, 1.82) is 0 Å². The molecule has 0 amide bonds. The van der Waals surface area contributed by atoms with Crippen LogP contribution in [0.1, 0.15) is 6.42 Å². The molecular formula is C26H20N8. The van der Waals surface area contributed by atoms with Crippen molar-refractivity contribution in [3.05, 3.63) is 92.0 Å². The number of fused-ring (bicyclic) bond motifs is 2. The molecular weight excluding hydrogens is 424 g/mol. The highest BCUT2D eigenvalue weighted by Crippen LogP contribution is 2.22. The lowest BCUT2D eigenvalue weighted by Crippen LogP contribution is -1.95. The van der Waals surface area contributed by atoms with Crippen molar-refractivity contribution in [2.75, 3.05) is 0 Å². The van der Waals surface area contributed by atoms with Gasteiger partial charge in [-0.1, -0.05) is 6.08 Å². The molecule has 0 fully saturated rings. The standard InChI is InChI=1S/C26H20N8/c1(13-33-17-31-21-15-19(5-7-23(21)33)25-27-9-3-10-28-25)2-14-34-18-32-22-16-20(6-8-24(22)34)26-29-11-4-12-30-26/h1,3-13,15-18H,2,14H2. The maximum absolute atomic E-state index is 4.57. The maximum Gasteiger partial charge on any atom is 0.159 e. The molecule has 0 aliphatic rings. The monoisotopic (exact) mass is 444 g/mol. The Kier molecular flexibility index (Phi) is 5.08. The molecule has 0 N–H and O–H groups in total. The molecule has 2 aromatic carbocycles. The zero-order valence-corrected chi connectivity index (χ0v) is 18.2. The van der Waals surface area contributed by atoms with Gasteiger partial charge in [0.2, 0.25) is 0 Å². The molecule has 34 heavy (non-hydrogen) atoms. The molecule has 8 nitrogen and oxygen atoms in total. The van der Waals surface area contributed by atoms with E-state index in [2.05, 4.69) is 58.9 Å². The first kappa shape index (κ1) is 19.9.